The van der Waals surface area contributed by atoms with Gasteiger partial charge in [-0.15, -0.1) is 3.89 Å². The zero-order chi connectivity index (χ0) is 13.3. The summed E-state index contributed by atoms with van der Waals surface area (Å²) >= 11 is 0. The highest BCUT2D eigenvalue weighted by Crippen LogP contribution is 2.21. The summed E-state index contributed by atoms with van der Waals surface area (Å²) in [6.45, 7) is 0. The molecule has 1 aromatic carbocycles. The minimum atomic E-state index is -5.11. The lowest BCUT2D eigenvalue weighted by Crippen LogP contribution is -2.29. The maximum Gasteiger partial charge on any atom is 0.471 e. The number of alkyl halides is 3. The molecule has 9 heteroatoms. The maximum atomic E-state index is 12.5. The van der Waals surface area contributed by atoms with E-state index < -0.39 is 32.9 Å². The SMILES string of the molecule is O=C(Nc1cccc(S(=O)(=O)F)c1)C(F)(F)F. The van der Waals surface area contributed by atoms with Gasteiger partial charge in [0.05, 0.1) is 0 Å². The third kappa shape index (κ3) is 3.70. The third-order valence-electron chi connectivity index (χ3n) is 1.63. The van der Waals surface area contributed by atoms with Crippen molar-refractivity contribution in [1.29, 1.82) is 0 Å². The van der Waals surface area contributed by atoms with E-state index in [-0.39, 0.29) is 0 Å². The van der Waals surface area contributed by atoms with E-state index in [9.17, 15) is 30.3 Å². The number of halogens is 4. The van der Waals surface area contributed by atoms with Gasteiger partial charge in [-0.3, -0.25) is 4.79 Å². The van der Waals surface area contributed by atoms with Crippen molar-refractivity contribution in [1.82, 2.24) is 0 Å². The first kappa shape index (κ1) is 13.4. The van der Waals surface area contributed by atoms with Gasteiger partial charge in [0, 0.05) is 5.69 Å². The van der Waals surface area contributed by atoms with Crippen molar-refractivity contribution in [3.63, 3.8) is 0 Å². The topological polar surface area (TPSA) is 63.2 Å². The number of rotatable bonds is 2. The second-order valence-corrected chi connectivity index (χ2v) is 4.26. The fourth-order valence-electron chi connectivity index (χ4n) is 0.927. The molecule has 4 nitrogen and oxygen atoms in total. The van der Waals surface area contributed by atoms with Gasteiger partial charge in [0.2, 0.25) is 0 Å². The Morgan fingerprint density at radius 1 is 1.24 bits per heavy atom. The standard InChI is InChI=1S/C8H5F4NO3S/c9-8(10,11)7(14)13-5-2-1-3-6(4-5)17(12,15)16/h1-4H,(H,13,14). The molecule has 0 heterocycles. The van der Waals surface area contributed by atoms with Crippen molar-refractivity contribution in [2.45, 2.75) is 11.1 Å². The Balaban J connectivity index is 2.99. The Bertz CT molecular complexity index is 538. The Kier molecular flexibility index (Phi) is 3.41. The largest absolute Gasteiger partial charge is 0.471 e. The lowest BCUT2D eigenvalue weighted by atomic mass is 10.3. The lowest BCUT2D eigenvalue weighted by molar-refractivity contribution is -0.167. The molecule has 0 spiro atoms. The summed E-state index contributed by atoms with van der Waals surface area (Å²) in [5.74, 6) is -2.27. The van der Waals surface area contributed by atoms with Crippen molar-refractivity contribution in [2.24, 2.45) is 0 Å². The maximum absolute atomic E-state index is 12.5. The predicted octanol–water partition coefficient (Wildman–Crippen LogP) is 1.85. The summed E-state index contributed by atoms with van der Waals surface area (Å²) in [5.41, 5.74) is -0.467. The van der Waals surface area contributed by atoms with Gasteiger partial charge in [-0.1, -0.05) is 6.07 Å². The summed E-state index contributed by atoms with van der Waals surface area (Å²) in [6.07, 6.45) is -5.11. The van der Waals surface area contributed by atoms with Gasteiger partial charge in [0.15, 0.2) is 0 Å². The number of hydrogen-bond donors (Lipinski definition) is 1. The highest BCUT2D eigenvalue weighted by Gasteiger charge is 2.38. The highest BCUT2D eigenvalue weighted by atomic mass is 32.3. The van der Waals surface area contributed by atoms with Gasteiger partial charge in [0.1, 0.15) is 4.90 Å². The molecule has 1 amide bonds. The van der Waals surface area contributed by atoms with Gasteiger partial charge in [-0.25, -0.2) is 0 Å². The predicted molar refractivity (Wildman–Crippen MR) is 49.4 cm³/mol. The fourth-order valence-corrected chi connectivity index (χ4v) is 1.44. The normalized spacial score (nSPS) is 12.2. The molecule has 0 fully saturated rings. The molecular weight excluding hydrogens is 266 g/mol. The number of carbonyl (C=O) groups is 1. The molecule has 1 rings (SSSR count). The molecular formula is C8H5F4NO3S. The van der Waals surface area contributed by atoms with Crippen LogP contribution in [-0.4, -0.2) is 20.5 Å². The first-order valence-corrected chi connectivity index (χ1v) is 5.42. The average molecular weight is 271 g/mol. The van der Waals surface area contributed by atoms with Gasteiger partial charge in [0.25, 0.3) is 0 Å². The van der Waals surface area contributed by atoms with Crippen LogP contribution in [0.15, 0.2) is 29.2 Å². The average Bonchev–Trinajstić information content (AvgIpc) is 2.15. The number of anilines is 1. The molecule has 0 saturated heterocycles. The molecule has 17 heavy (non-hydrogen) atoms. The Morgan fingerprint density at radius 3 is 2.29 bits per heavy atom. The van der Waals surface area contributed by atoms with Crippen LogP contribution in [0, 0.1) is 0 Å². The van der Waals surface area contributed by atoms with Gasteiger partial charge >= 0.3 is 22.3 Å². The third-order valence-corrected chi connectivity index (χ3v) is 2.45. The first-order chi connectivity index (χ1) is 7.60. The molecule has 0 atom stereocenters. The van der Waals surface area contributed by atoms with Crippen LogP contribution in [0.25, 0.3) is 0 Å². The first-order valence-electron chi connectivity index (χ1n) is 4.03. The lowest BCUT2D eigenvalue weighted by Gasteiger charge is -2.08. The summed E-state index contributed by atoms with van der Waals surface area (Å²) in [6, 6.07) is 3.42. The number of hydrogen-bond acceptors (Lipinski definition) is 3. The van der Waals surface area contributed by atoms with E-state index >= 15 is 0 Å². The highest BCUT2D eigenvalue weighted by molar-refractivity contribution is 7.86. The molecule has 0 radical (unpaired) electrons. The fraction of sp³-hybridized carbons (Fsp3) is 0.125. The zero-order valence-corrected chi connectivity index (χ0v) is 8.77. The second kappa shape index (κ2) is 4.32. The van der Waals surface area contributed by atoms with E-state index in [1.165, 1.54) is 5.32 Å². The molecule has 0 aliphatic carbocycles. The van der Waals surface area contributed by atoms with Gasteiger partial charge < -0.3 is 5.32 Å². The van der Waals surface area contributed by atoms with Crippen LogP contribution in [0.3, 0.4) is 0 Å². The molecule has 94 valence electrons. The number of amides is 1. The molecule has 1 aromatic rings. The van der Waals surface area contributed by atoms with Crippen LogP contribution >= 0.6 is 0 Å². The van der Waals surface area contributed by atoms with E-state index in [2.05, 4.69) is 0 Å². The quantitative estimate of drug-likeness (QED) is 0.659. The van der Waals surface area contributed by atoms with Crippen LogP contribution in [0.1, 0.15) is 0 Å². The van der Waals surface area contributed by atoms with Crippen molar-refractivity contribution in [2.75, 3.05) is 5.32 Å². The summed E-state index contributed by atoms with van der Waals surface area (Å²) in [7, 11) is -5.03. The van der Waals surface area contributed by atoms with E-state index in [0.29, 0.717) is 6.07 Å². The molecule has 0 aliphatic rings. The van der Waals surface area contributed by atoms with Gasteiger partial charge in [-0.2, -0.15) is 21.6 Å². The molecule has 0 aliphatic heterocycles. The molecule has 0 unspecified atom stereocenters. The minimum absolute atomic E-state index is 0.467. The minimum Gasteiger partial charge on any atom is -0.318 e. The summed E-state index contributed by atoms with van der Waals surface area (Å²) in [4.78, 5) is 9.68. The van der Waals surface area contributed by atoms with Crippen LogP contribution in [-0.2, 0) is 15.0 Å². The summed E-state index contributed by atoms with van der Waals surface area (Å²) < 4.78 is 69.0. The van der Waals surface area contributed by atoms with Crippen LogP contribution in [0.2, 0.25) is 0 Å². The van der Waals surface area contributed by atoms with Crippen molar-refractivity contribution in [3.05, 3.63) is 24.3 Å². The van der Waals surface area contributed by atoms with E-state index in [4.69, 9.17) is 0 Å². The molecule has 0 saturated carbocycles. The van der Waals surface area contributed by atoms with E-state index in [0.717, 1.165) is 18.2 Å². The Hall–Kier alpha value is -1.64. The van der Waals surface area contributed by atoms with Crippen molar-refractivity contribution >= 4 is 21.8 Å². The van der Waals surface area contributed by atoms with E-state index in [1.807, 2.05) is 0 Å². The number of benzene rings is 1. The Morgan fingerprint density at radius 2 is 1.82 bits per heavy atom. The van der Waals surface area contributed by atoms with Crippen molar-refractivity contribution < 1.29 is 30.3 Å². The molecule has 1 N–H and O–H groups in total. The van der Waals surface area contributed by atoms with Crippen molar-refractivity contribution in [3.8, 4) is 0 Å². The molecule has 0 bridgehead atoms. The van der Waals surface area contributed by atoms with Crippen LogP contribution < -0.4 is 5.32 Å². The Labute approximate surface area is 93.5 Å². The molecule has 0 aromatic heterocycles. The van der Waals surface area contributed by atoms with Crippen LogP contribution in [0.5, 0.6) is 0 Å². The monoisotopic (exact) mass is 271 g/mol. The smallest absolute Gasteiger partial charge is 0.318 e. The van der Waals surface area contributed by atoms with Gasteiger partial charge in [-0.05, 0) is 18.2 Å². The zero-order valence-electron chi connectivity index (χ0n) is 7.95. The summed E-state index contributed by atoms with van der Waals surface area (Å²) in [5, 5.41) is 1.40. The number of carbonyl (C=O) groups excluding carboxylic acids is 1. The van der Waals surface area contributed by atoms with Crippen LogP contribution in [0.4, 0.5) is 22.7 Å². The van der Waals surface area contributed by atoms with E-state index in [1.54, 1.807) is 0 Å². The second-order valence-electron chi connectivity index (χ2n) is 2.92. The number of nitrogens with one attached hydrogen (secondary N) is 1.